The molecule has 100 valence electrons. The summed E-state index contributed by atoms with van der Waals surface area (Å²) in [5.74, 6) is 0. The first-order chi connectivity index (χ1) is 8.75. The average molecular weight is 246 g/mol. The van der Waals surface area contributed by atoms with E-state index in [2.05, 4.69) is 42.3 Å². The minimum absolute atomic E-state index is 1.01. The number of nitrogens with zero attached hydrogens (tertiary/aromatic N) is 1. The molecule has 1 saturated heterocycles. The van der Waals surface area contributed by atoms with Gasteiger partial charge in [-0.15, -0.1) is 0 Å². The van der Waals surface area contributed by atoms with Crippen LogP contribution in [0.15, 0.2) is 18.2 Å². The third kappa shape index (κ3) is 4.11. The highest BCUT2D eigenvalue weighted by atomic mass is 15.1. The van der Waals surface area contributed by atoms with E-state index in [0.717, 1.165) is 13.1 Å². The molecule has 0 spiro atoms. The van der Waals surface area contributed by atoms with E-state index in [1.165, 1.54) is 55.6 Å². The Balaban J connectivity index is 1.62. The Bertz CT molecular complexity index is 367. The Morgan fingerprint density at radius 1 is 1.17 bits per heavy atom. The van der Waals surface area contributed by atoms with Crippen molar-refractivity contribution in [1.29, 1.82) is 0 Å². The predicted molar refractivity (Wildman–Crippen MR) is 77.9 cm³/mol. The minimum Gasteiger partial charge on any atom is -0.313 e. The maximum Gasteiger partial charge on any atom is 0.0208 e. The molecule has 0 amide bonds. The van der Waals surface area contributed by atoms with Crippen LogP contribution in [0.4, 0.5) is 0 Å². The molecule has 1 aromatic rings. The van der Waals surface area contributed by atoms with Crippen molar-refractivity contribution >= 4 is 0 Å². The molecule has 1 N–H and O–H groups in total. The molecule has 0 radical (unpaired) electrons. The molecule has 0 atom stereocenters. The van der Waals surface area contributed by atoms with Crippen molar-refractivity contribution < 1.29 is 0 Å². The first-order valence-corrected chi connectivity index (χ1v) is 7.25. The van der Waals surface area contributed by atoms with E-state index >= 15 is 0 Å². The molecule has 1 fully saturated rings. The summed E-state index contributed by atoms with van der Waals surface area (Å²) < 4.78 is 0. The van der Waals surface area contributed by atoms with Gasteiger partial charge >= 0.3 is 0 Å². The lowest BCUT2D eigenvalue weighted by molar-refractivity contribution is 0.331. The summed E-state index contributed by atoms with van der Waals surface area (Å²) in [6.45, 7) is 10.4. The first-order valence-electron chi connectivity index (χ1n) is 7.25. The van der Waals surface area contributed by atoms with Gasteiger partial charge in [-0.25, -0.2) is 0 Å². The summed E-state index contributed by atoms with van der Waals surface area (Å²) in [5.41, 5.74) is 4.19. The Hall–Kier alpha value is -0.860. The van der Waals surface area contributed by atoms with Crippen molar-refractivity contribution in [3.05, 3.63) is 34.9 Å². The van der Waals surface area contributed by atoms with Crippen LogP contribution in [0, 0.1) is 13.8 Å². The number of nitrogens with one attached hydrogen (secondary N) is 1. The van der Waals surface area contributed by atoms with E-state index in [1.807, 2.05) is 0 Å². The van der Waals surface area contributed by atoms with Crippen molar-refractivity contribution in [3.63, 3.8) is 0 Å². The number of aryl methyl sites for hydroxylation is 2. The van der Waals surface area contributed by atoms with E-state index in [0.29, 0.717) is 0 Å². The fraction of sp³-hybridized carbons (Fsp3) is 0.625. The molecule has 1 aliphatic rings. The molecule has 1 heterocycles. The molecule has 18 heavy (non-hydrogen) atoms. The molecule has 2 rings (SSSR count). The quantitative estimate of drug-likeness (QED) is 0.776. The second-order valence-electron chi connectivity index (χ2n) is 5.51. The predicted octanol–water partition coefficient (Wildman–Crippen LogP) is 2.88. The van der Waals surface area contributed by atoms with E-state index in [9.17, 15) is 0 Å². The van der Waals surface area contributed by atoms with E-state index in [-0.39, 0.29) is 0 Å². The van der Waals surface area contributed by atoms with Gasteiger partial charge in [0, 0.05) is 6.54 Å². The maximum absolute atomic E-state index is 3.56. The Labute approximate surface area is 111 Å². The van der Waals surface area contributed by atoms with Gasteiger partial charge in [0.2, 0.25) is 0 Å². The third-order valence-corrected chi connectivity index (χ3v) is 3.84. The molecule has 2 heteroatoms. The molecule has 0 bridgehead atoms. The highest BCUT2D eigenvalue weighted by Crippen LogP contribution is 2.10. The standard InChI is InChI=1S/C16H26N2/c1-14-6-7-16(15(2)12-14)13-17-8-5-11-18-9-3-4-10-18/h6-7,12,17H,3-5,8-11,13H2,1-2H3. The van der Waals surface area contributed by atoms with Gasteiger partial charge in [0.1, 0.15) is 0 Å². The molecule has 0 aromatic heterocycles. The highest BCUT2D eigenvalue weighted by Gasteiger charge is 2.09. The van der Waals surface area contributed by atoms with Crippen LogP contribution < -0.4 is 5.32 Å². The van der Waals surface area contributed by atoms with Crippen LogP contribution in [0.5, 0.6) is 0 Å². The van der Waals surface area contributed by atoms with Gasteiger partial charge in [-0.05, 0) is 70.4 Å². The smallest absolute Gasteiger partial charge is 0.0208 e. The minimum atomic E-state index is 1.01. The lowest BCUT2D eigenvalue weighted by atomic mass is 10.1. The fourth-order valence-corrected chi connectivity index (χ4v) is 2.70. The van der Waals surface area contributed by atoms with Crippen LogP contribution in [0.25, 0.3) is 0 Å². The van der Waals surface area contributed by atoms with E-state index in [1.54, 1.807) is 0 Å². The average Bonchev–Trinajstić information content (AvgIpc) is 2.84. The van der Waals surface area contributed by atoms with Gasteiger partial charge < -0.3 is 10.2 Å². The molecule has 0 unspecified atom stereocenters. The highest BCUT2D eigenvalue weighted by molar-refractivity contribution is 5.30. The van der Waals surface area contributed by atoms with Gasteiger partial charge in [0.15, 0.2) is 0 Å². The van der Waals surface area contributed by atoms with Crippen molar-refractivity contribution in [2.24, 2.45) is 0 Å². The Morgan fingerprint density at radius 2 is 1.94 bits per heavy atom. The van der Waals surface area contributed by atoms with Gasteiger partial charge in [-0.1, -0.05) is 23.8 Å². The first kappa shape index (κ1) is 13.6. The van der Waals surface area contributed by atoms with Crippen LogP contribution in [0.3, 0.4) is 0 Å². The number of rotatable bonds is 6. The molecule has 2 nitrogen and oxygen atoms in total. The van der Waals surface area contributed by atoms with E-state index in [4.69, 9.17) is 0 Å². The summed E-state index contributed by atoms with van der Waals surface area (Å²) in [5, 5.41) is 3.56. The second-order valence-corrected chi connectivity index (χ2v) is 5.51. The lowest BCUT2D eigenvalue weighted by Crippen LogP contribution is -2.24. The topological polar surface area (TPSA) is 15.3 Å². The fourth-order valence-electron chi connectivity index (χ4n) is 2.70. The van der Waals surface area contributed by atoms with E-state index < -0.39 is 0 Å². The van der Waals surface area contributed by atoms with Crippen molar-refractivity contribution in [3.8, 4) is 0 Å². The maximum atomic E-state index is 3.56. The summed E-state index contributed by atoms with van der Waals surface area (Å²) in [4.78, 5) is 2.58. The molecule has 0 aliphatic carbocycles. The number of hydrogen-bond acceptors (Lipinski definition) is 2. The van der Waals surface area contributed by atoms with Crippen LogP contribution in [-0.4, -0.2) is 31.1 Å². The zero-order valence-corrected chi connectivity index (χ0v) is 11.8. The van der Waals surface area contributed by atoms with Crippen molar-refractivity contribution in [2.45, 2.75) is 39.7 Å². The monoisotopic (exact) mass is 246 g/mol. The van der Waals surface area contributed by atoms with Gasteiger partial charge in [0.05, 0.1) is 0 Å². The van der Waals surface area contributed by atoms with Crippen LogP contribution in [0.2, 0.25) is 0 Å². The summed E-state index contributed by atoms with van der Waals surface area (Å²) >= 11 is 0. The van der Waals surface area contributed by atoms with Crippen LogP contribution in [0.1, 0.15) is 36.0 Å². The van der Waals surface area contributed by atoms with Gasteiger partial charge in [-0.2, -0.15) is 0 Å². The lowest BCUT2D eigenvalue weighted by Gasteiger charge is -2.14. The second kappa shape index (κ2) is 6.91. The molecular weight excluding hydrogens is 220 g/mol. The van der Waals surface area contributed by atoms with Gasteiger partial charge in [0.25, 0.3) is 0 Å². The van der Waals surface area contributed by atoms with Gasteiger partial charge in [-0.3, -0.25) is 0 Å². The number of likely N-dealkylation sites (tertiary alicyclic amines) is 1. The molecule has 1 aliphatic heterocycles. The van der Waals surface area contributed by atoms with Crippen molar-refractivity contribution in [1.82, 2.24) is 10.2 Å². The van der Waals surface area contributed by atoms with Crippen molar-refractivity contribution in [2.75, 3.05) is 26.2 Å². The zero-order chi connectivity index (χ0) is 12.8. The Kier molecular flexibility index (Phi) is 5.21. The van der Waals surface area contributed by atoms with Crippen LogP contribution >= 0.6 is 0 Å². The molecule has 0 saturated carbocycles. The normalized spacial score (nSPS) is 16.3. The number of hydrogen-bond donors (Lipinski definition) is 1. The SMILES string of the molecule is Cc1ccc(CNCCCN2CCCC2)c(C)c1. The summed E-state index contributed by atoms with van der Waals surface area (Å²) in [6, 6.07) is 6.72. The third-order valence-electron chi connectivity index (χ3n) is 3.84. The Morgan fingerprint density at radius 3 is 2.67 bits per heavy atom. The number of benzene rings is 1. The summed E-state index contributed by atoms with van der Waals surface area (Å²) in [7, 11) is 0. The molecule has 1 aromatic carbocycles. The molecular formula is C16H26N2. The van der Waals surface area contributed by atoms with Crippen LogP contribution in [-0.2, 0) is 6.54 Å². The zero-order valence-electron chi connectivity index (χ0n) is 11.8. The summed E-state index contributed by atoms with van der Waals surface area (Å²) in [6.07, 6.45) is 4.07. The largest absolute Gasteiger partial charge is 0.313 e.